The summed E-state index contributed by atoms with van der Waals surface area (Å²) in [7, 11) is 0. The Morgan fingerprint density at radius 1 is 1.30 bits per heavy atom. The Labute approximate surface area is 167 Å². The number of benzene rings is 1. The largest absolute Gasteiger partial charge is 0.379 e. The van der Waals surface area contributed by atoms with Gasteiger partial charge in [0.15, 0.2) is 0 Å². The molecule has 5 nitrogen and oxygen atoms in total. The molecule has 2 aliphatic rings. The Bertz CT molecular complexity index is 601. The minimum atomic E-state index is 0.0840. The number of piperidine rings is 1. The number of carbonyl (C=O) groups is 1. The van der Waals surface area contributed by atoms with Gasteiger partial charge in [0.05, 0.1) is 19.3 Å². The zero-order valence-electron chi connectivity index (χ0n) is 16.3. The number of morpholine rings is 1. The summed E-state index contributed by atoms with van der Waals surface area (Å²) < 4.78 is 5.49. The molecule has 6 heteroatoms. The number of ether oxygens (including phenoxy) is 1. The van der Waals surface area contributed by atoms with Crippen LogP contribution < -0.4 is 10.6 Å². The molecule has 2 unspecified atom stereocenters. The SMILES string of the molecule is CC(CC(=O)NCC(c1ccccc1Cl)N1CCOCC1)C1CCNCC1. The van der Waals surface area contributed by atoms with Gasteiger partial charge in [0.1, 0.15) is 0 Å². The molecule has 2 saturated heterocycles. The molecule has 2 aliphatic heterocycles. The van der Waals surface area contributed by atoms with Crippen LogP contribution in [0.5, 0.6) is 0 Å². The van der Waals surface area contributed by atoms with Crippen LogP contribution in [0, 0.1) is 11.8 Å². The number of hydrogen-bond donors (Lipinski definition) is 2. The maximum absolute atomic E-state index is 12.6. The third-order valence-corrected chi connectivity index (χ3v) is 6.28. The number of nitrogens with zero attached hydrogens (tertiary/aromatic N) is 1. The molecule has 0 aliphatic carbocycles. The number of hydrogen-bond acceptors (Lipinski definition) is 4. The summed E-state index contributed by atoms with van der Waals surface area (Å²) in [5.41, 5.74) is 1.08. The van der Waals surface area contributed by atoms with Gasteiger partial charge in [-0.2, -0.15) is 0 Å². The van der Waals surface area contributed by atoms with E-state index in [1.54, 1.807) is 0 Å². The lowest BCUT2D eigenvalue weighted by Crippen LogP contribution is -2.44. The van der Waals surface area contributed by atoms with E-state index in [2.05, 4.69) is 28.5 Å². The van der Waals surface area contributed by atoms with Gasteiger partial charge in [0, 0.05) is 31.1 Å². The highest BCUT2D eigenvalue weighted by Crippen LogP contribution is 2.28. The van der Waals surface area contributed by atoms with Crippen LogP contribution in [0.2, 0.25) is 5.02 Å². The molecule has 1 aromatic rings. The van der Waals surface area contributed by atoms with Crippen molar-refractivity contribution in [2.24, 2.45) is 11.8 Å². The molecule has 0 bridgehead atoms. The lowest BCUT2D eigenvalue weighted by Gasteiger charge is -2.35. The number of nitrogens with one attached hydrogen (secondary N) is 2. The Morgan fingerprint density at radius 3 is 2.70 bits per heavy atom. The summed E-state index contributed by atoms with van der Waals surface area (Å²) >= 11 is 6.46. The van der Waals surface area contributed by atoms with Gasteiger partial charge in [0.2, 0.25) is 5.91 Å². The molecule has 0 radical (unpaired) electrons. The molecule has 1 aromatic carbocycles. The van der Waals surface area contributed by atoms with Crippen LogP contribution in [-0.4, -0.2) is 56.7 Å². The van der Waals surface area contributed by atoms with Gasteiger partial charge >= 0.3 is 0 Å². The second-order valence-corrected chi connectivity index (χ2v) is 8.17. The van der Waals surface area contributed by atoms with Crippen molar-refractivity contribution in [3.63, 3.8) is 0 Å². The van der Waals surface area contributed by atoms with Crippen LogP contribution in [-0.2, 0) is 9.53 Å². The summed E-state index contributed by atoms with van der Waals surface area (Å²) in [6, 6.07) is 8.02. The summed E-state index contributed by atoms with van der Waals surface area (Å²) in [6.45, 7) is 8.10. The van der Waals surface area contributed by atoms with E-state index in [0.717, 1.165) is 50.0 Å². The van der Waals surface area contributed by atoms with Crippen LogP contribution in [0.1, 0.15) is 37.8 Å². The van der Waals surface area contributed by atoms with Crippen molar-refractivity contribution in [3.8, 4) is 0 Å². The van der Waals surface area contributed by atoms with Crippen molar-refractivity contribution in [3.05, 3.63) is 34.9 Å². The summed E-state index contributed by atoms with van der Waals surface area (Å²) in [5.74, 6) is 1.22. The Hall–Kier alpha value is -1.14. The molecule has 2 heterocycles. The molecule has 2 N–H and O–H groups in total. The first-order chi connectivity index (χ1) is 13.1. The van der Waals surface area contributed by atoms with Gasteiger partial charge in [-0.25, -0.2) is 0 Å². The van der Waals surface area contributed by atoms with E-state index in [9.17, 15) is 4.79 Å². The van der Waals surface area contributed by atoms with Crippen molar-refractivity contribution in [1.82, 2.24) is 15.5 Å². The van der Waals surface area contributed by atoms with Gasteiger partial charge in [-0.15, -0.1) is 0 Å². The van der Waals surface area contributed by atoms with Crippen molar-refractivity contribution in [2.45, 2.75) is 32.2 Å². The molecule has 150 valence electrons. The van der Waals surface area contributed by atoms with Crippen LogP contribution in [0.25, 0.3) is 0 Å². The van der Waals surface area contributed by atoms with Gasteiger partial charge in [-0.3, -0.25) is 9.69 Å². The molecule has 3 rings (SSSR count). The van der Waals surface area contributed by atoms with Crippen LogP contribution >= 0.6 is 11.6 Å². The van der Waals surface area contributed by atoms with E-state index in [1.807, 2.05) is 18.2 Å². The molecule has 0 spiro atoms. The normalized spacial score (nSPS) is 21.6. The quantitative estimate of drug-likeness (QED) is 0.747. The first-order valence-corrected chi connectivity index (χ1v) is 10.6. The zero-order valence-corrected chi connectivity index (χ0v) is 17.0. The maximum Gasteiger partial charge on any atom is 0.220 e. The molecule has 2 atom stereocenters. The van der Waals surface area contributed by atoms with Gasteiger partial charge in [-0.05, 0) is 49.4 Å². The zero-order chi connectivity index (χ0) is 19.1. The molecule has 0 aromatic heterocycles. The number of rotatable bonds is 7. The first-order valence-electron chi connectivity index (χ1n) is 10.2. The predicted molar refractivity (Wildman–Crippen MR) is 109 cm³/mol. The number of amides is 1. The standard InChI is InChI=1S/C21H32ClN3O2/c1-16(17-6-8-23-9-7-17)14-21(26)24-15-20(25-10-12-27-13-11-25)18-4-2-3-5-19(18)22/h2-5,16-17,20,23H,6-15H2,1H3,(H,24,26). The van der Waals surface area contributed by atoms with E-state index in [1.165, 1.54) is 12.8 Å². The van der Waals surface area contributed by atoms with Crippen LogP contribution in [0.3, 0.4) is 0 Å². The third kappa shape index (κ3) is 5.92. The highest BCUT2D eigenvalue weighted by Gasteiger charge is 2.26. The maximum atomic E-state index is 12.6. The Kier molecular flexibility index (Phi) is 7.94. The molecule has 2 fully saturated rings. The minimum Gasteiger partial charge on any atom is -0.379 e. The van der Waals surface area contributed by atoms with Crippen LogP contribution in [0.15, 0.2) is 24.3 Å². The first kappa shape index (κ1) is 20.6. The highest BCUT2D eigenvalue weighted by molar-refractivity contribution is 6.31. The smallest absolute Gasteiger partial charge is 0.220 e. The van der Waals surface area contributed by atoms with Gasteiger partial charge in [0.25, 0.3) is 0 Å². The molecular weight excluding hydrogens is 362 g/mol. The second-order valence-electron chi connectivity index (χ2n) is 7.76. The monoisotopic (exact) mass is 393 g/mol. The number of halogens is 1. The molecule has 1 amide bonds. The second kappa shape index (κ2) is 10.4. The summed E-state index contributed by atoms with van der Waals surface area (Å²) in [4.78, 5) is 15.0. The lowest BCUT2D eigenvalue weighted by atomic mass is 9.84. The predicted octanol–water partition coefficient (Wildman–Crippen LogP) is 2.86. The fraction of sp³-hybridized carbons (Fsp3) is 0.667. The Morgan fingerprint density at radius 2 is 2.00 bits per heavy atom. The lowest BCUT2D eigenvalue weighted by molar-refractivity contribution is -0.122. The van der Waals surface area contributed by atoms with Crippen molar-refractivity contribution >= 4 is 17.5 Å². The highest BCUT2D eigenvalue weighted by atomic mass is 35.5. The Balaban J connectivity index is 1.58. The van der Waals surface area contributed by atoms with E-state index >= 15 is 0 Å². The van der Waals surface area contributed by atoms with Crippen molar-refractivity contribution in [1.29, 1.82) is 0 Å². The summed E-state index contributed by atoms with van der Waals surface area (Å²) in [5, 5.41) is 7.33. The van der Waals surface area contributed by atoms with E-state index in [-0.39, 0.29) is 11.9 Å². The van der Waals surface area contributed by atoms with Crippen molar-refractivity contribution < 1.29 is 9.53 Å². The van der Waals surface area contributed by atoms with E-state index in [4.69, 9.17) is 16.3 Å². The van der Waals surface area contributed by atoms with Gasteiger partial charge < -0.3 is 15.4 Å². The average Bonchev–Trinajstić information content (AvgIpc) is 2.71. The average molecular weight is 394 g/mol. The minimum absolute atomic E-state index is 0.0840. The molecule has 0 saturated carbocycles. The van der Waals surface area contributed by atoms with Crippen LogP contribution in [0.4, 0.5) is 0 Å². The fourth-order valence-electron chi connectivity index (χ4n) is 4.23. The molecular formula is C21H32ClN3O2. The summed E-state index contributed by atoms with van der Waals surface area (Å²) in [6.07, 6.45) is 2.94. The third-order valence-electron chi connectivity index (χ3n) is 5.94. The van der Waals surface area contributed by atoms with E-state index < -0.39 is 0 Å². The molecule has 27 heavy (non-hydrogen) atoms. The number of carbonyl (C=O) groups excluding carboxylic acids is 1. The fourth-order valence-corrected chi connectivity index (χ4v) is 4.49. The van der Waals surface area contributed by atoms with Crippen molar-refractivity contribution in [2.75, 3.05) is 45.9 Å². The topological polar surface area (TPSA) is 53.6 Å². The van der Waals surface area contributed by atoms with Gasteiger partial charge in [-0.1, -0.05) is 36.7 Å². The van der Waals surface area contributed by atoms with E-state index in [0.29, 0.717) is 24.8 Å².